The van der Waals surface area contributed by atoms with Gasteiger partial charge in [0.1, 0.15) is 5.82 Å². The number of aromatic nitrogens is 4. The smallest absolute Gasteiger partial charge is 0.257 e. The van der Waals surface area contributed by atoms with E-state index in [1.54, 1.807) is 4.68 Å². The number of rotatable bonds is 3. The summed E-state index contributed by atoms with van der Waals surface area (Å²) in [4.78, 5) is 19.4. The standard InChI is InChI=1S/C18H27N5O/c1-12-9-19-15(4)23(12)11-16-7-6-8-22(10-16)18(24)17-13(2)20-21(5)14(17)3/h9,16H,6-8,10-11H2,1-5H3. The van der Waals surface area contributed by atoms with Crippen LogP contribution < -0.4 is 0 Å². The van der Waals surface area contributed by atoms with Crippen molar-refractivity contribution in [3.63, 3.8) is 0 Å². The zero-order valence-electron chi connectivity index (χ0n) is 15.3. The van der Waals surface area contributed by atoms with E-state index in [-0.39, 0.29) is 5.91 Å². The average molecular weight is 329 g/mol. The fraction of sp³-hybridized carbons (Fsp3) is 0.611. The van der Waals surface area contributed by atoms with Crippen molar-refractivity contribution in [3.05, 3.63) is 34.7 Å². The molecule has 0 saturated carbocycles. The summed E-state index contributed by atoms with van der Waals surface area (Å²) in [5, 5.41) is 4.39. The van der Waals surface area contributed by atoms with Crippen LogP contribution in [0.4, 0.5) is 0 Å². The second-order valence-electron chi connectivity index (χ2n) is 6.99. The zero-order valence-corrected chi connectivity index (χ0v) is 15.3. The lowest BCUT2D eigenvalue weighted by molar-refractivity contribution is 0.0660. The van der Waals surface area contributed by atoms with Gasteiger partial charge in [-0.2, -0.15) is 5.10 Å². The number of likely N-dealkylation sites (tertiary alicyclic amines) is 1. The van der Waals surface area contributed by atoms with E-state index in [1.807, 2.05) is 38.9 Å². The third-order valence-electron chi connectivity index (χ3n) is 5.22. The highest BCUT2D eigenvalue weighted by Gasteiger charge is 2.28. The molecule has 0 N–H and O–H groups in total. The molecule has 0 bridgehead atoms. The average Bonchev–Trinajstić information content (AvgIpc) is 3.00. The van der Waals surface area contributed by atoms with E-state index in [9.17, 15) is 4.79 Å². The molecule has 24 heavy (non-hydrogen) atoms. The Kier molecular flexibility index (Phi) is 4.47. The predicted molar refractivity (Wildman–Crippen MR) is 93.0 cm³/mol. The molecule has 3 rings (SSSR count). The van der Waals surface area contributed by atoms with E-state index in [4.69, 9.17) is 0 Å². The van der Waals surface area contributed by atoms with Gasteiger partial charge in [0, 0.05) is 44.3 Å². The fourth-order valence-corrected chi connectivity index (χ4v) is 3.76. The summed E-state index contributed by atoms with van der Waals surface area (Å²) < 4.78 is 4.06. The van der Waals surface area contributed by atoms with E-state index in [1.165, 1.54) is 5.69 Å². The van der Waals surface area contributed by atoms with E-state index >= 15 is 0 Å². The van der Waals surface area contributed by atoms with Crippen molar-refractivity contribution in [2.24, 2.45) is 13.0 Å². The van der Waals surface area contributed by atoms with Crippen LogP contribution in [-0.2, 0) is 13.6 Å². The van der Waals surface area contributed by atoms with Gasteiger partial charge in [-0.3, -0.25) is 9.48 Å². The van der Waals surface area contributed by atoms with Crippen LogP contribution in [0.5, 0.6) is 0 Å². The molecule has 0 spiro atoms. The first kappa shape index (κ1) is 16.7. The maximum atomic E-state index is 13.0. The van der Waals surface area contributed by atoms with Crippen LogP contribution in [0.3, 0.4) is 0 Å². The molecule has 1 atom stereocenters. The SMILES string of the molecule is Cc1nn(C)c(C)c1C(=O)N1CCCC(Cn2c(C)cnc2C)C1. The molecule has 1 unspecified atom stereocenters. The minimum atomic E-state index is 0.127. The van der Waals surface area contributed by atoms with Crippen molar-refractivity contribution in [3.8, 4) is 0 Å². The number of hydrogen-bond acceptors (Lipinski definition) is 3. The first-order valence-electron chi connectivity index (χ1n) is 8.66. The molecule has 0 aliphatic carbocycles. The van der Waals surface area contributed by atoms with Crippen molar-refractivity contribution in [2.45, 2.75) is 47.1 Å². The van der Waals surface area contributed by atoms with E-state index in [0.717, 1.165) is 55.3 Å². The highest BCUT2D eigenvalue weighted by molar-refractivity contribution is 5.96. The van der Waals surface area contributed by atoms with E-state index in [0.29, 0.717) is 5.92 Å². The number of aryl methyl sites for hydroxylation is 4. The number of nitrogens with zero attached hydrogens (tertiary/aromatic N) is 5. The number of hydrogen-bond donors (Lipinski definition) is 0. The van der Waals surface area contributed by atoms with Gasteiger partial charge in [0.05, 0.1) is 11.3 Å². The molecule has 2 aromatic heterocycles. The van der Waals surface area contributed by atoms with Crippen molar-refractivity contribution in [2.75, 3.05) is 13.1 Å². The molecule has 0 radical (unpaired) electrons. The first-order valence-corrected chi connectivity index (χ1v) is 8.66. The van der Waals surface area contributed by atoms with E-state index in [2.05, 4.69) is 21.6 Å². The molecular formula is C18H27N5O. The van der Waals surface area contributed by atoms with Gasteiger partial charge in [0.2, 0.25) is 0 Å². The molecule has 3 heterocycles. The Labute approximate surface area is 143 Å². The molecule has 1 aliphatic heterocycles. The Bertz CT molecular complexity index is 738. The number of carbonyl (C=O) groups excluding carboxylic acids is 1. The molecule has 1 fully saturated rings. The number of carbonyl (C=O) groups is 1. The van der Waals surface area contributed by atoms with Crippen LogP contribution in [0.2, 0.25) is 0 Å². The summed E-state index contributed by atoms with van der Waals surface area (Å²) in [6.45, 7) is 10.6. The summed E-state index contributed by atoms with van der Waals surface area (Å²) in [5.41, 5.74) is 3.73. The van der Waals surface area contributed by atoms with Crippen molar-refractivity contribution >= 4 is 5.91 Å². The van der Waals surface area contributed by atoms with Crippen molar-refractivity contribution in [1.82, 2.24) is 24.2 Å². The first-order chi connectivity index (χ1) is 11.4. The van der Waals surface area contributed by atoms with E-state index < -0.39 is 0 Å². The third-order valence-corrected chi connectivity index (χ3v) is 5.22. The molecule has 6 nitrogen and oxygen atoms in total. The van der Waals surface area contributed by atoms with Gasteiger partial charge in [0.15, 0.2) is 0 Å². The Morgan fingerprint density at radius 2 is 2.04 bits per heavy atom. The normalized spacial score (nSPS) is 18.2. The maximum Gasteiger partial charge on any atom is 0.257 e. The van der Waals surface area contributed by atoms with Crippen LogP contribution >= 0.6 is 0 Å². The van der Waals surface area contributed by atoms with Gasteiger partial charge in [-0.1, -0.05) is 0 Å². The van der Waals surface area contributed by atoms with Crippen LogP contribution in [0.1, 0.15) is 46.1 Å². The maximum absolute atomic E-state index is 13.0. The summed E-state index contributed by atoms with van der Waals surface area (Å²) >= 11 is 0. The Morgan fingerprint density at radius 3 is 2.62 bits per heavy atom. The highest BCUT2D eigenvalue weighted by Crippen LogP contribution is 2.23. The highest BCUT2D eigenvalue weighted by atomic mass is 16.2. The Morgan fingerprint density at radius 1 is 1.29 bits per heavy atom. The fourth-order valence-electron chi connectivity index (χ4n) is 3.76. The molecule has 1 aliphatic rings. The predicted octanol–water partition coefficient (Wildman–Crippen LogP) is 2.40. The lowest BCUT2D eigenvalue weighted by Gasteiger charge is -2.33. The largest absolute Gasteiger partial charge is 0.338 e. The molecule has 2 aromatic rings. The van der Waals surface area contributed by atoms with Gasteiger partial charge < -0.3 is 9.47 Å². The summed E-state index contributed by atoms with van der Waals surface area (Å²) in [6.07, 6.45) is 4.14. The number of amides is 1. The molecule has 6 heteroatoms. The van der Waals surface area contributed by atoms with Crippen molar-refractivity contribution in [1.29, 1.82) is 0 Å². The third kappa shape index (κ3) is 2.97. The number of imidazole rings is 1. The second kappa shape index (κ2) is 6.42. The van der Waals surface area contributed by atoms with Gasteiger partial charge in [-0.25, -0.2) is 4.98 Å². The van der Waals surface area contributed by atoms with Crippen LogP contribution in [-0.4, -0.2) is 43.2 Å². The Balaban J connectivity index is 1.75. The van der Waals surface area contributed by atoms with Crippen LogP contribution in [0.25, 0.3) is 0 Å². The van der Waals surface area contributed by atoms with Gasteiger partial charge >= 0.3 is 0 Å². The second-order valence-corrected chi connectivity index (χ2v) is 6.99. The summed E-state index contributed by atoms with van der Waals surface area (Å²) in [6, 6.07) is 0. The summed E-state index contributed by atoms with van der Waals surface area (Å²) in [5.74, 6) is 1.66. The minimum absolute atomic E-state index is 0.127. The van der Waals surface area contributed by atoms with Gasteiger partial charge in [-0.05, 0) is 46.5 Å². The van der Waals surface area contributed by atoms with Crippen LogP contribution in [0, 0.1) is 33.6 Å². The monoisotopic (exact) mass is 329 g/mol. The summed E-state index contributed by atoms with van der Waals surface area (Å²) in [7, 11) is 1.89. The van der Waals surface area contributed by atoms with Gasteiger partial charge in [-0.15, -0.1) is 0 Å². The van der Waals surface area contributed by atoms with Crippen LogP contribution in [0.15, 0.2) is 6.20 Å². The number of piperidine rings is 1. The Hall–Kier alpha value is -2.11. The topological polar surface area (TPSA) is 56.0 Å². The quantitative estimate of drug-likeness (QED) is 0.869. The molecule has 0 aromatic carbocycles. The molecular weight excluding hydrogens is 302 g/mol. The van der Waals surface area contributed by atoms with Gasteiger partial charge in [0.25, 0.3) is 5.91 Å². The molecule has 1 amide bonds. The van der Waals surface area contributed by atoms with Crippen molar-refractivity contribution < 1.29 is 4.79 Å². The molecule has 130 valence electrons. The lowest BCUT2D eigenvalue weighted by Crippen LogP contribution is -2.41. The minimum Gasteiger partial charge on any atom is -0.338 e. The zero-order chi connectivity index (χ0) is 17.4. The lowest BCUT2D eigenvalue weighted by atomic mass is 9.96. The molecule has 1 saturated heterocycles.